The first-order valence-electron chi connectivity index (χ1n) is 6.30. The first kappa shape index (κ1) is 12.9. The summed E-state index contributed by atoms with van der Waals surface area (Å²) < 4.78 is 5.10. The van der Waals surface area contributed by atoms with Crippen LogP contribution in [0.15, 0.2) is 24.3 Å². The van der Waals surface area contributed by atoms with Gasteiger partial charge >= 0.3 is 0 Å². The summed E-state index contributed by atoms with van der Waals surface area (Å²) in [4.78, 5) is 11.5. The molecular weight excluding hydrogens is 230 g/mol. The van der Waals surface area contributed by atoms with Gasteiger partial charge in [-0.3, -0.25) is 4.79 Å². The highest BCUT2D eigenvalue weighted by atomic mass is 16.5. The number of nitrogens with one attached hydrogen (secondary N) is 1. The van der Waals surface area contributed by atoms with Gasteiger partial charge in [0.05, 0.1) is 13.2 Å². The Morgan fingerprint density at radius 2 is 2.33 bits per heavy atom. The quantitative estimate of drug-likeness (QED) is 0.808. The van der Waals surface area contributed by atoms with Crippen LogP contribution in [0, 0.1) is 0 Å². The number of benzene rings is 1. The van der Waals surface area contributed by atoms with E-state index >= 15 is 0 Å². The lowest BCUT2D eigenvalue weighted by Crippen LogP contribution is -2.25. The Bertz CT molecular complexity index is 415. The summed E-state index contributed by atoms with van der Waals surface area (Å²) in [5.41, 5.74) is 0.786. The van der Waals surface area contributed by atoms with Crippen molar-refractivity contribution in [3.63, 3.8) is 0 Å². The van der Waals surface area contributed by atoms with E-state index in [0.29, 0.717) is 24.6 Å². The molecule has 18 heavy (non-hydrogen) atoms. The first-order valence-corrected chi connectivity index (χ1v) is 6.30. The van der Waals surface area contributed by atoms with Crippen molar-refractivity contribution in [1.82, 2.24) is 5.32 Å². The van der Waals surface area contributed by atoms with Gasteiger partial charge in [0.2, 0.25) is 5.91 Å². The van der Waals surface area contributed by atoms with Crippen molar-refractivity contribution in [1.29, 1.82) is 0 Å². The summed E-state index contributed by atoms with van der Waals surface area (Å²) in [6.45, 7) is 0. The van der Waals surface area contributed by atoms with Crippen LogP contribution in [0.3, 0.4) is 0 Å². The summed E-state index contributed by atoms with van der Waals surface area (Å²) in [7, 11) is 1.59. The highest BCUT2D eigenvalue weighted by Crippen LogP contribution is 2.23. The summed E-state index contributed by atoms with van der Waals surface area (Å²) in [6.07, 6.45) is 2.35. The Hall–Kier alpha value is -1.55. The molecule has 4 nitrogen and oxygen atoms in total. The summed E-state index contributed by atoms with van der Waals surface area (Å²) in [6, 6.07) is 7.68. The third-order valence-corrected chi connectivity index (χ3v) is 3.07. The number of carbonyl (C=O) groups is 1. The van der Waals surface area contributed by atoms with Gasteiger partial charge in [-0.2, -0.15) is 0 Å². The molecule has 4 heteroatoms. The van der Waals surface area contributed by atoms with Gasteiger partial charge in [-0.05, 0) is 37.0 Å². The van der Waals surface area contributed by atoms with E-state index in [1.54, 1.807) is 13.2 Å². The average molecular weight is 249 g/mol. The topological polar surface area (TPSA) is 58.6 Å². The lowest BCUT2D eigenvalue weighted by atomic mass is 10.0. The second-order valence-electron chi connectivity index (χ2n) is 4.67. The van der Waals surface area contributed by atoms with Crippen molar-refractivity contribution in [3.8, 4) is 5.75 Å². The van der Waals surface area contributed by atoms with Gasteiger partial charge in [-0.25, -0.2) is 0 Å². The molecule has 1 aliphatic carbocycles. The Morgan fingerprint density at radius 1 is 1.56 bits per heavy atom. The fourth-order valence-electron chi connectivity index (χ4n) is 1.81. The van der Waals surface area contributed by atoms with Crippen LogP contribution in [0.1, 0.15) is 37.4 Å². The monoisotopic (exact) mass is 249 g/mol. The molecule has 1 saturated carbocycles. The molecule has 2 rings (SSSR count). The van der Waals surface area contributed by atoms with Gasteiger partial charge in [0, 0.05) is 12.5 Å². The Balaban J connectivity index is 1.82. The van der Waals surface area contributed by atoms with Crippen LogP contribution >= 0.6 is 0 Å². The number of ether oxygens (including phenoxy) is 1. The number of amides is 1. The molecular formula is C14H19NO3. The molecule has 1 amide bonds. The van der Waals surface area contributed by atoms with Gasteiger partial charge in [0.1, 0.15) is 5.75 Å². The summed E-state index contributed by atoms with van der Waals surface area (Å²) >= 11 is 0. The Morgan fingerprint density at radius 3 is 3.00 bits per heavy atom. The standard InChI is InChI=1S/C14H19NO3/c1-18-12-4-2-3-10(9-12)13(16)7-8-14(17)15-11-5-6-11/h2-4,9,11,13,16H,5-8H2,1H3,(H,15,17). The molecule has 0 saturated heterocycles. The van der Waals surface area contributed by atoms with Crippen molar-refractivity contribution in [3.05, 3.63) is 29.8 Å². The summed E-state index contributed by atoms with van der Waals surface area (Å²) in [5.74, 6) is 0.744. The van der Waals surface area contributed by atoms with E-state index in [1.165, 1.54) is 0 Å². The van der Waals surface area contributed by atoms with Crippen molar-refractivity contribution in [2.45, 2.75) is 37.8 Å². The molecule has 0 heterocycles. The molecule has 1 unspecified atom stereocenters. The van der Waals surface area contributed by atoms with Gasteiger partial charge < -0.3 is 15.2 Å². The maximum Gasteiger partial charge on any atom is 0.220 e. The molecule has 0 radical (unpaired) electrons. The number of rotatable bonds is 6. The summed E-state index contributed by atoms with van der Waals surface area (Å²) in [5, 5.41) is 12.9. The molecule has 0 aliphatic heterocycles. The minimum atomic E-state index is -0.620. The molecule has 1 atom stereocenters. The van der Waals surface area contributed by atoms with Crippen LogP contribution in [0.2, 0.25) is 0 Å². The fourth-order valence-corrected chi connectivity index (χ4v) is 1.81. The van der Waals surface area contributed by atoms with Crippen molar-refractivity contribution < 1.29 is 14.6 Å². The second kappa shape index (κ2) is 5.87. The predicted molar refractivity (Wildman–Crippen MR) is 68.4 cm³/mol. The van der Waals surface area contributed by atoms with Crippen molar-refractivity contribution >= 4 is 5.91 Å². The molecule has 0 aromatic heterocycles. The lowest BCUT2D eigenvalue weighted by molar-refractivity contribution is -0.121. The van der Waals surface area contributed by atoms with Crippen molar-refractivity contribution in [2.75, 3.05) is 7.11 Å². The van der Waals surface area contributed by atoms with Crippen LogP contribution < -0.4 is 10.1 Å². The minimum absolute atomic E-state index is 0.0273. The highest BCUT2D eigenvalue weighted by Gasteiger charge is 2.23. The zero-order valence-corrected chi connectivity index (χ0v) is 10.6. The van der Waals surface area contributed by atoms with Gasteiger partial charge in [0.15, 0.2) is 0 Å². The van der Waals surface area contributed by atoms with Gasteiger partial charge in [0.25, 0.3) is 0 Å². The van der Waals surface area contributed by atoms with E-state index in [0.717, 1.165) is 18.4 Å². The lowest BCUT2D eigenvalue weighted by Gasteiger charge is -2.12. The smallest absolute Gasteiger partial charge is 0.220 e. The zero-order chi connectivity index (χ0) is 13.0. The van der Waals surface area contributed by atoms with Crippen LogP contribution in [0.25, 0.3) is 0 Å². The number of methoxy groups -OCH3 is 1. The fraction of sp³-hybridized carbons (Fsp3) is 0.500. The molecule has 1 aliphatic rings. The third-order valence-electron chi connectivity index (χ3n) is 3.07. The minimum Gasteiger partial charge on any atom is -0.497 e. The Kier molecular flexibility index (Phi) is 4.20. The van der Waals surface area contributed by atoms with E-state index in [9.17, 15) is 9.90 Å². The molecule has 1 aromatic rings. The number of carbonyl (C=O) groups excluding carboxylic acids is 1. The average Bonchev–Trinajstić information content (AvgIpc) is 3.20. The molecule has 98 valence electrons. The first-order chi connectivity index (χ1) is 8.69. The largest absolute Gasteiger partial charge is 0.497 e. The molecule has 1 fully saturated rings. The van der Waals surface area contributed by atoms with Gasteiger partial charge in [-0.15, -0.1) is 0 Å². The van der Waals surface area contributed by atoms with E-state index in [-0.39, 0.29) is 5.91 Å². The molecule has 2 N–H and O–H groups in total. The third kappa shape index (κ3) is 3.74. The maximum atomic E-state index is 11.5. The maximum absolute atomic E-state index is 11.5. The van der Waals surface area contributed by atoms with E-state index in [1.807, 2.05) is 18.2 Å². The Labute approximate surface area is 107 Å². The zero-order valence-electron chi connectivity index (χ0n) is 10.6. The predicted octanol–water partition coefficient (Wildman–Crippen LogP) is 1.79. The van der Waals surface area contributed by atoms with Crippen LogP contribution in [0.5, 0.6) is 5.75 Å². The number of hydrogen-bond donors (Lipinski definition) is 2. The van der Waals surface area contributed by atoms with Crippen LogP contribution in [-0.2, 0) is 4.79 Å². The normalized spacial score (nSPS) is 16.1. The molecule has 1 aromatic carbocycles. The SMILES string of the molecule is COc1cccc(C(O)CCC(=O)NC2CC2)c1. The van der Waals surface area contributed by atoms with E-state index in [4.69, 9.17) is 4.74 Å². The molecule has 0 bridgehead atoms. The number of hydrogen-bond acceptors (Lipinski definition) is 3. The highest BCUT2D eigenvalue weighted by molar-refractivity contribution is 5.76. The molecule has 0 spiro atoms. The van der Waals surface area contributed by atoms with E-state index in [2.05, 4.69) is 5.32 Å². The van der Waals surface area contributed by atoms with Gasteiger partial charge in [-0.1, -0.05) is 12.1 Å². The van der Waals surface area contributed by atoms with Crippen LogP contribution in [0.4, 0.5) is 0 Å². The number of aliphatic hydroxyl groups is 1. The number of aliphatic hydroxyl groups excluding tert-OH is 1. The van der Waals surface area contributed by atoms with E-state index < -0.39 is 6.10 Å². The van der Waals surface area contributed by atoms with Crippen LogP contribution in [-0.4, -0.2) is 24.2 Å². The van der Waals surface area contributed by atoms with Crippen molar-refractivity contribution in [2.24, 2.45) is 0 Å². The second-order valence-corrected chi connectivity index (χ2v) is 4.67.